The molecule has 1 radical (unpaired) electrons. The maximum atomic E-state index is 10.6. The van der Waals surface area contributed by atoms with Crippen molar-refractivity contribution in [3.05, 3.63) is 14.4 Å². The number of carbonyl (C=O) groups excluding carboxylic acids is 2. The summed E-state index contributed by atoms with van der Waals surface area (Å²) in [6.45, 7) is 5.28. The van der Waals surface area contributed by atoms with E-state index in [1.54, 1.807) is 6.92 Å². The largest absolute Gasteiger partial charge is 0.488 e. The molecule has 0 rings (SSSR count). The molecule has 0 aromatic rings. The van der Waals surface area contributed by atoms with Gasteiger partial charge in [-0.1, -0.05) is 6.92 Å². The van der Waals surface area contributed by atoms with Crippen molar-refractivity contribution in [2.75, 3.05) is 13.2 Å². The van der Waals surface area contributed by atoms with E-state index in [0.29, 0.717) is 19.4 Å². The van der Waals surface area contributed by atoms with Crippen molar-refractivity contribution in [1.29, 1.82) is 0 Å². The Kier molecular flexibility index (Phi) is 18.0. The minimum Gasteiger partial charge on any atom is -0.488 e. The predicted octanol–water partition coefficient (Wildman–Crippen LogP) is 1.15. The van der Waals surface area contributed by atoms with Gasteiger partial charge in [-0.15, -0.1) is 0 Å². The standard InChI is InChI=1S/C8H13O4.CH3.Y/c1-3-8(10)12-6-4-5-11-7(2)9;;/h2-6H2,1H3;1H3;/q2*-1;. The van der Waals surface area contributed by atoms with Crippen LogP contribution in [0.3, 0.4) is 0 Å². The van der Waals surface area contributed by atoms with Crippen LogP contribution >= 0.6 is 0 Å². The van der Waals surface area contributed by atoms with Crippen molar-refractivity contribution in [1.82, 2.24) is 0 Å². The third-order valence-corrected chi connectivity index (χ3v) is 1.10. The summed E-state index contributed by atoms with van der Waals surface area (Å²) in [5, 5.41) is 0. The van der Waals surface area contributed by atoms with Crippen molar-refractivity contribution in [2.24, 2.45) is 0 Å². The Labute approximate surface area is 111 Å². The second kappa shape index (κ2) is 12.9. The average molecular weight is 277 g/mol. The fraction of sp³-hybridized carbons (Fsp3) is 0.556. The molecule has 4 nitrogen and oxygen atoms in total. The van der Waals surface area contributed by atoms with Gasteiger partial charge < -0.3 is 16.9 Å². The number of hydrogen-bond donors (Lipinski definition) is 0. The van der Waals surface area contributed by atoms with Crippen molar-refractivity contribution in [3.63, 3.8) is 0 Å². The zero-order chi connectivity index (χ0) is 9.40. The van der Waals surface area contributed by atoms with E-state index in [9.17, 15) is 9.59 Å². The van der Waals surface area contributed by atoms with E-state index in [1.807, 2.05) is 0 Å². The Hall–Kier alpha value is -0.0861. The second-order valence-corrected chi connectivity index (χ2v) is 2.15. The molecule has 0 saturated heterocycles. The van der Waals surface area contributed by atoms with Crippen LogP contribution in [0.5, 0.6) is 0 Å². The zero-order valence-corrected chi connectivity index (χ0v) is 11.6. The summed E-state index contributed by atoms with van der Waals surface area (Å²) in [6, 6.07) is 0. The van der Waals surface area contributed by atoms with Crippen LogP contribution in [0.1, 0.15) is 19.8 Å². The van der Waals surface area contributed by atoms with Crippen molar-refractivity contribution in [3.8, 4) is 0 Å². The number of esters is 2. The van der Waals surface area contributed by atoms with Gasteiger partial charge in [0.05, 0.1) is 13.2 Å². The normalized spacial score (nSPS) is 7.79. The van der Waals surface area contributed by atoms with E-state index in [0.717, 1.165) is 0 Å². The molecule has 0 aliphatic heterocycles. The molecular formula is C9H16O4Y-2. The number of hydrogen-bond acceptors (Lipinski definition) is 4. The molecule has 0 heterocycles. The van der Waals surface area contributed by atoms with E-state index < -0.39 is 5.97 Å². The summed E-state index contributed by atoms with van der Waals surface area (Å²) >= 11 is 0. The van der Waals surface area contributed by atoms with E-state index in [1.165, 1.54) is 0 Å². The van der Waals surface area contributed by atoms with Crippen LogP contribution in [-0.2, 0) is 51.8 Å². The minimum atomic E-state index is -0.559. The van der Waals surface area contributed by atoms with Gasteiger partial charge >= 0.3 is 5.97 Å². The van der Waals surface area contributed by atoms with Gasteiger partial charge in [-0.2, -0.15) is 0 Å². The third kappa shape index (κ3) is 14.4. The Morgan fingerprint density at radius 1 is 1.21 bits per heavy atom. The van der Waals surface area contributed by atoms with Gasteiger partial charge in [-0.25, -0.2) is 0 Å². The van der Waals surface area contributed by atoms with E-state index in [-0.39, 0.29) is 52.7 Å². The molecule has 0 aliphatic rings. The van der Waals surface area contributed by atoms with E-state index in [2.05, 4.69) is 11.7 Å². The Balaban J connectivity index is -0.000000605. The van der Waals surface area contributed by atoms with Gasteiger partial charge in [0.1, 0.15) is 0 Å². The molecule has 0 saturated carbocycles. The Morgan fingerprint density at radius 3 is 2.14 bits per heavy atom. The number of rotatable bonds is 5. The van der Waals surface area contributed by atoms with Gasteiger partial charge in [0.15, 0.2) is 5.97 Å². The first-order valence-electron chi connectivity index (χ1n) is 3.81. The van der Waals surface area contributed by atoms with Gasteiger partial charge in [0.2, 0.25) is 0 Å². The first-order valence-corrected chi connectivity index (χ1v) is 3.81. The fourth-order valence-corrected chi connectivity index (χ4v) is 0.533. The molecule has 5 heteroatoms. The predicted molar refractivity (Wildman–Crippen MR) is 48.6 cm³/mol. The third-order valence-electron chi connectivity index (χ3n) is 1.10. The summed E-state index contributed by atoms with van der Waals surface area (Å²) in [6.07, 6.45) is 0.891. The molecule has 0 aromatic carbocycles. The van der Waals surface area contributed by atoms with Crippen LogP contribution in [-0.4, -0.2) is 25.2 Å². The molecule has 0 bridgehead atoms. The van der Waals surface area contributed by atoms with Crippen LogP contribution in [0.2, 0.25) is 0 Å². The molecule has 0 atom stereocenters. The van der Waals surface area contributed by atoms with Crippen molar-refractivity contribution < 1.29 is 51.8 Å². The van der Waals surface area contributed by atoms with Crippen LogP contribution in [0.4, 0.5) is 0 Å². The summed E-state index contributed by atoms with van der Waals surface area (Å²) < 4.78 is 9.24. The maximum Gasteiger partial charge on any atom is 0.305 e. The minimum absolute atomic E-state index is 0. The van der Waals surface area contributed by atoms with E-state index >= 15 is 0 Å². The molecule has 0 aromatic heterocycles. The summed E-state index contributed by atoms with van der Waals surface area (Å²) in [5.41, 5.74) is 0. The molecule has 81 valence electrons. The van der Waals surface area contributed by atoms with Gasteiger partial charge in [-0.05, 0) is 0 Å². The molecule has 14 heavy (non-hydrogen) atoms. The molecule has 0 N–H and O–H groups in total. The first kappa shape index (κ1) is 19.5. The van der Waals surface area contributed by atoms with Crippen LogP contribution in [0.25, 0.3) is 0 Å². The molecular weight excluding hydrogens is 261 g/mol. The smallest absolute Gasteiger partial charge is 0.305 e. The van der Waals surface area contributed by atoms with Crippen molar-refractivity contribution in [2.45, 2.75) is 19.8 Å². The molecule has 0 aliphatic carbocycles. The molecule has 0 fully saturated rings. The van der Waals surface area contributed by atoms with Crippen LogP contribution in [0, 0.1) is 14.4 Å². The zero-order valence-electron chi connectivity index (χ0n) is 8.75. The average Bonchev–Trinajstić information content (AvgIpc) is 2.03. The molecule has 0 amide bonds. The summed E-state index contributed by atoms with van der Waals surface area (Å²) in [7, 11) is 0. The molecule has 0 unspecified atom stereocenters. The summed E-state index contributed by atoms with van der Waals surface area (Å²) in [4.78, 5) is 20.7. The number of ether oxygens (including phenoxy) is 2. The van der Waals surface area contributed by atoms with Gasteiger partial charge in [0.25, 0.3) is 0 Å². The Bertz CT molecular complexity index is 159. The van der Waals surface area contributed by atoms with E-state index in [4.69, 9.17) is 4.74 Å². The fourth-order valence-electron chi connectivity index (χ4n) is 0.533. The van der Waals surface area contributed by atoms with Crippen molar-refractivity contribution >= 4 is 11.9 Å². The summed E-state index contributed by atoms with van der Waals surface area (Å²) in [5.74, 6) is -0.798. The monoisotopic (exact) mass is 277 g/mol. The SMILES string of the molecule is [CH2-]C(=O)OCCCOC(=O)CC.[CH3-].[Y]. The topological polar surface area (TPSA) is 52.6 Å². The quantitative estimate of drug-likeness (QED) is 0.430. The van der Waals surface area contributed by atoms with Gasteiger partial charge in [0, 0.05) is 45.6 Å². The molecule has 0 spiro atoms. The van der Waals surface area contributed by atoms with Crippen LogP contribution < -0.4 is 0 Å². The second-order valence-electron chi connectivity index (χ2n) is 2.15. The Morgan fingerprint density at radius 2 is 1.71 bits per heavy atom. The van der Waals surface area contributed by atoms with Gasteiger partial charge in [-0.3, -0.25) is 16.5 Å². The van der Waals surface area contributed by atoms with Crippen LogP contribution in [0.15, 0.2) is 0 Å². The first-order chi connectivity index (χ1) is 5.66. The maximum absolute atomic E-state index is 10.6. The number of carbonyl (C=O) groups is 2.